The summed E-state index contributed by atoms with van der Waals surface area (Å²) < 4.78 is 1.75. The number of carboxylic acid groups (broad SMARTS) is 1. The minimum Gasteiger partial charge on any atom is -0.477 e. The summed E-state index contributed by atoms with van der Waals surface area (Å²) in [4.78, 5) is 11.2. The van der Waals surface area contributed by atoms with Gasteiger partial charge < -0.3 is 14.8 Å². The fourth-order valence-electron chi connectivity index (χ4n) is 1.95. The summed E-state index contributed by atoms with van der Waals surface area (Å²) in [6.45, 7) is 2.44. The molecule has 0 spiro atoms. The molecule has 4 heteroatoms. The maximum Gasteiger partial charge on any atom is 0.352 e. The number of para-hydroxylation sites is 1. The minimum atomic E-state index is -0.939. The molecule has 2 N–H and O–H groups in total. The van der Waals surface area contributed by atoms with Crippen molar-refractivity contribution < 1.29 is 15.0 Å². The number of hydrogen-bond acceptors (Lipinski definition) is 2. The van der Waals surface area contributed by atoms with Crippen molar-refractivity contribution in [1.82, 2.24) is 4.57 Å². The van der Waals surface area contributed by atoms with Crippen LogP contribution in [-0.4, -0.2) is 27.4 Å². The van der Waals surface area contributed by atoms with E-state index in [-0.39, 0.29) is 18.2 Å². The van der Waals surface area contributed by atoms with Crippen molar-refractivity contribution in [1.29, 1.82) is 0 Å². The first-order chi connectivity index (χ1) is 8.13. The highest BCUT2D eigenvalue weighted by atomic mass is 16.4. The van der Waals surface area contributed by atoms with E-state index in [1.165, 1.54) is 0 Å². The quantitative estimate of drug-likeness (QED) is 0.848. The van der Waals surface area contributed by atoms with Crippen LogP contribution in [0.3, 0.4) is 0 Å². The van der Waals surface area contributed by atoms with Crippen molar-refractivity contribution in [3.05, 3.63) is 36.0 Å². The Labute approximate surface area is 99.1 Å². The standard InChI is InChI=1S/C13H15NO3/c1-9(8-15)7-14-11-5-3-2-4-10(11)6-12(14)13(16)17/h2-6,9,15H,7-8H2,1H3,(H,16,17). The van der Waals surface area contributed by atoms with E-state index < -0.39 is 5.97 Å². The summed E-state index contributed by atoms with van der Waals surface area (Å²) in [5.41, 5.74) is 1.16. The van der Waals surface area contributed by atoms with Crippen LogP contribution in [0.2, 0.25) is 0 Å². The molecule has 0 saturated carbocycles. The zero-order valence-electron chi connectivity index (χ0n) is 9.63. The van der Waals surface area contributed by atoms with Crippen molar-refractivity contribution in [2.24, 2.45) is 5.92 Å². The molecule has 17 heavy (non-hydrogen) atoms. The van der Waals surface area contributed by atoms with E-state index in [1.54, 1.807) is 10.6 Å². The number of fused-ring (bicyclic) bond motifs is 1. The molecule has 90 valence electrons. The summed E-state index contributed by atoms with van der Waals surface area (Å²) >= 11 is 0. The van der Waals surface area contributed by atoms with Gasteiger partial charge in [-0.25, -0.2) is 4.79 Å². The van der Waals surface area contributed by atoms with Gasteiger partial charge in [-0.05, 0) is 18.1 Å². The van der Waals surface area contributed by atoms with Gasteiger partial charge in [0.1, 0.15) is 5.69 Å². The zero-order valence-corrected chi connectivity index (χ0v) is 9.63. The van der Waals surface area contributed by atoms with Crippen LogP contribution in [0.4, 0.5) is 0 Å². The topological polar surface area (TPSA) is 62.5 Å². The lowest BCUT2D eigenvalue weighted by molar-refractivity contribution is 0.0683. The Morgan fingerprint density at radius 2 is 2.12 bits per heavy atom. The molecule has 0 aliphatic carbocycles. The number of aliphatic hydroxyl groups is 1. The lowest BCUT2D eigenvalue weighted by Crippen LogP contribution is -2.15. The normalized spacial score (nSPS) is 12.8. The molecule has 0 bridgehead atoms. The fourth-order valence-corrected chi connectivity index (χ4v) is 1.95. The Morgan fingerprint density at radius 3 is 2.76 bits per heavy atom. The molecule has 4 nitrogen and oxygen atoms in total. The van der Waals surface area contributed by atoms with Crippen molar-refractivity contribution in [2.75, 3.05) is 6.61 Å². The molecule has 1 heterocycles. The highest BCUT2D eigenvalue weighted by Gasteiger charge is 2.15. The average molecular weight is 233 g/mol. The van der Waals surface area contributed by atoms with Crippen molar-refractivity contribution in [2.45, 2.75) is 13.5 Å². The van der Waals surface area contributed by atoms with E-state index in [0.717, 1.165) is 10.9 Å². The van der Waals surface area contributed by atoms with Crippen LogP contribution in [0.1, 0.15) is 17.4 Å². The lowest BCUT2D eigenvalue weighted by Gasteiger charge is -2.12. The first-order valence-corrected chi connectivity index (χ1v) is 5.56. The second-order valence-corrected chi connectivity index (χ2v) is 4.29. The van der Waals surface area contributed by atoms with Crippen LogP contribution in [-0.2, 0) is 6.54 Å². The average Bonchev–Trinajstić information content (AvgIpc) is 2.68. The summed E-state index contributed by atoms with van der Waals surface area (Å²) in [5, 5.41) is 19.2. The van der Waals surface area contributed by atoms with E-state index in [0.29, 0.717) is 6.54 Å². The predicted octanol–water partition coefficient (Wildman–Crippen LogP) is 1.97. The highest BCUT2D eigenvalue weighted by molar-refractivity contribution is 5.94. The van der Waals surface area contributed by atoms with E-state index >= 15 is 0 Å². The lowest BCUT2D eigenvalue weighted by atomic mass is 10.2. The van der Waals surface area contributed by atoms with Crippen LogP contribution in [0.15, 0.2) is 30.3 Å². The Morgan fingerprint density at radius 1 is 1.41 bits per heavy atom. The monoisotopic (exact) mass is 233 g/mol. The molecule has 1 atom stereocenters. The number of carboxylic acids is 1. The first-order valence-electron chi connectivity index (χ1n) is 5.56. The van der Waals surface area contributed by atoms with Crippen molar-refractivity contribution in [3.63, 3.8) is 0 Å². The van der Waals surface area contributed by atoms with Crippen LogP contribution in [0.25, 0.3) is 10.9 Å². The van der Waals surface area contributed by atoms with Gasteiger partial charge in [0.25, 0.3) is 0 Å². The smallest absolute Gasteiger partial charge is 0.352 e. The number of carbonyl (C=O) groups is 1. The van der Waals surface area contributed by atoms with Gasteiger partial charge in [0.05, 0.1) is 0 Å². The second kappa shape index (κ2) is 4.59. The number of hydrogen-bond donors (Lipinski definition) is 2. The van der Waals surface area contributed by atoms with Gasteiger partial charge in [-0.2, -0.15) is 0 Å². The Kier molecular flexibility index (Phi) is 3.15. The molecule has 0 aliphatic heterocycles. The number of aromatic carboxylic acids is 1. The highest BCUT2D eigenvalue weighted by Crippen LogP contribution is 2.21. The molecular formula is C13H15NO3. The van der Waals surface area contributed by atoms with E-state index in [9.17, 15) is 4.79 Å². The third-order valence-electron chi connectivity index (χ3n) is 2.84. The molecule has 0 aliphatic rings. The second-order valence-electron chi connectivity index (χ2n) is 4.29. The Balaban J connectivity index is 2.55. The molecule has 2 rings (SSSR count). The molecule has 1 aromatic carbocycles. The maximum absolute atomic E-state index is 11.2. The zero-order chi connectivity index (χ0) is 12.4. The molecule has 1 aromatic heterocycles. The molecular weight excluding hydrogens is 218 g/mol. The van der Waals surface area contributed by atoms with Gasteiger partial charge in [0.2, 0.25) is 0 Å². The molecule has 0 radical (unpaired) electrons. The van der Waals surface area contributed by atoms with Crippen molar-refractivity contribution >= 4 is 16.9 Å². The van der Waals surface area contributed by atoms with Crippen molar-refractivity contribution in [3.8, 4) is 0 Å². The largest absolute Gasteiger partial charge is 0.477 e. The predicted molar refractivity (Wildman–Crippen MR) is 65.1 cm³/mol. The van der Waals surface area contributed by atoms with Gasteiger partial charge in [-0.3, -0.25) is 0 Å². The van der Waals surface area contributed by atoms with Gasteiger partial charge in [-0.1, -0.05) is 25.1 Å². The maximum atomic E-state index is 11.2. The first kappa shape index (κ1) is 11.7. The van der Waals surface area contributed by atoms with Gasteiger partial charge in [0.15, 0.2) is 0 Å². The van der Waals surface area contributed by atoms with E-state index in [2.05, 4.69) is 0 Å². The van der Waals surface area contributed by atoms with Gasteiger partial charge >= 0.3 is 5.97 Å². The summed E-state index contributed by atoms with van der Waals surface area (Å²) in [7, 11) is 0. The molecule has 1 unspecified atom stereocenters. The summed E-state index contributed by atoms with van der Waals surface area (Å²) in [5.74, 6) is -0.907. The fraction of sp³-hybridized carbons (Fsp3) is 0.308. The van der Waals surface area contributed by atoms with Crippen LogP contribution in [0, 0.1) is 5.92 Å². The van der Waals surface area contributed by atoms with Gasteiger partial charge in [0, 0.05) is 24.1 Å². The van der Waals surface area contributed by atoms with E-state index in [1.807, 2.05) is 31.2 Å². The molecule has 0 amide bonds. The number of aliphatic hydroxyl groups excluding tert-OH is 1. The Bertz CT molecular complexity index is 545. The third-order valence-corrected chi connectivity index (χ3v) is 2.84. The summed E-state index contributed by atoms with van der Waals surface area (Å²) in [6, 6.07) is 9.22. The number of rotatable bonds is 4. The molecule has 0 fully saturated rings. The summed E-state index contributed by atoms with van der Waals surface area (Å²) in [6.07, 6.45) is 0. The van der Waals surface area contributed by atoms with Crippen LogP contribution >= 0.6 is 0 Å². The SMILES string of the molecule is CC(CO)Cn1c(C(=O)O)cc2ccccc21. The third kappa shape index (κ3) is 2.17. The minimum absolute atomic E-state index is 0.0314. The molecule has 2 aromatic rings. The molecule has 0 saturated heterocycles. The van der Waals surface area contributed by atoms with Gasteiger partial charge in [-0.15, -0.1) is 0 Å². The number of aromatic nitrogens is 1. The van der Waals surface area contributed by atoms with Crippen LogP contribution < -0.4 is 0 Å². The Hall–Kier alpha value is -1.81. The number of nitrogens with zero attached hydrogens (tertiary/aromatic N) is 1. The van der Waals surface area contributed by atoms with E-state index in [4.69, 9.17) is 10.2 Å². The number of benzene rings is 1. The van der Waals surface area contributed by atoms with Crippen LogP contribution in [0.5, 0.6) is 0 Å².